The van der Waals surface area contributed by atoms with Crippen molar-refractivity contribution >= 4 is 18.0 Å². The Labute approximate surface area is 188 Å². The second-order valence-electron chi connectivity index (χ2n) is 7.96. The Bertz CT molecular complexity index is 929. The number of carboxylic acids is 1. The Hall–Kier alpha value is -3.35. The monoisotopic (exact) mass is 438 g/mol. The summed E-state index contributed by atoms with van der Waals surface area (Å²) in [6.07, 6.45) is 1.02. The minimum absolute atomic E-state index is 0.0722. The van der Waals surface area contributed by atoms with Crippen LogP contribution in [0.3, 0.4) is 0 Å². The summed E-state index contributed by atoms with van der Waals surface area (Å²) in [5.74, 6) is -1.55. The average molecular weight is 439 g/mol. The number of rotatable bonds is 10. The van der Waals surface area contributed by atoms with E-state index >= 15 is 0 Å². The highest BCUT2D eigenvalue weighted by Gasteiger charge is 2.30. The van der Waals surface area contributed by atoms with Gasteiger partial charge in [0.2, 0.25) is 5.91 Å². The van der Waals surface area contributed by atoms with Gasteiger partial charge in [-0.15, -0.1) is 0 Å². The molecule has 0 radical (unpaired) electrons. The lowest BCUT2D eigenvalue weighted by Gasteiger charge is -2.26. The van der Waals surface area contributed by atoms with Crippen LogP contribution < -0.4 is 5.32 Å². The highest BCUT2D eigenvalue weighted by molar-refractivity contribution is 5.88. The highest BCUT2D eigenvalue weighted by Crippen LogP contribution is 2.44. The Balaban J connectivity index is 1.67. The second-order valence-corrected chi connectivity index (χ2v) is 7.96. The molecule has 1 aliphatic carbocycles. The zero-order valence-electron chi connectivity index (χ0n) is 18.5. The number of alkyl carbamates (subject to hydrolysis) is 1. The lowest BCUT2D eigenvalue weighted by molar-refractivity contribution is -0.145. The van der Waals surface area contributed by atoms with Crippen LogP contribution in [0.15, 0.2) is 48.5 Å². The first-order chi connectivity index (χ1) is 15.5. The van der Waals surface area contributed by atoms with Gasteiger partial charge in [0.05, 0.1) is 0 Å². The van der Waals surface area contributed by atoms with Crippen molar-refractivity contribution in [2.75, 3.05) is 19.7 Å². The van der Waals surface area contributed by atoms with Gasteiger partial charge in [0.15, 0.2) is 0 Å². The maximum Gasteiger partial charge on any atom is 0.407 e. The first kappa shape index (κ1) is 23.3. The van der Waals surface area contributed by atoms with E-state index in [1.807, 2.05) is 50.2 Å². The third kappa shape index (κ3) is 5.28. The molecule has 0 aromatic heterocycles. The third-order valence-corrected chi connectivity index (χ3v) is 5.64. The first-order valence-electron chi connectivity index (χ1n) is 11.1. The van der Waals surface area contributed by atoms with Gasteiger partial charge in [0, 0.05) is 12.5 Å². The zero-order chi connectivity index (χ0) is 23.1. The summed E-state index contributed by atoms with van der Waals surface area (Å²) in [5, 5.41) is 11.8. The number of benzene rings is 2. The number of aliphatic carboxylic acids is 1. The van der Waals surface area contributed by atoms with Crippen molar-refractivity contribution in [2.24, 2.45) is 0 Å². The van der Waals surface area contributed by atoms with Gasteiger partial charge in [-0.2, -0.15) is 0 Å². The summed E-state index contributed by atoms with van der Waals surface area (Å²) in [4.78, 5) is 37.9. The number of hydrogen-bond donors (Lipinski definition) is 2. The predicted octanol–water partition coefficient (Wildman–Crippen LogP) is 4.02. The summed E-state index contributed by atoms with van der Waals surface area (Å²) < 4.78 is 5.55. The molecule has 2 aromatic rings. The molecule has 32 heavy (non-hydrogen) atoms. The van der Waals surface area contributed by atoms with Crippen LogP contribution >= 0.6 is 0 Å². The van der Waals surface area contributed by atoms with Crippen LogP contribution in [0.5, 0.6) is 0 Å². The van der Waals surface area contributed by atoms with Crippen molar-refractivity contribution in [3.05, 3.63) is 59.7 Å². The molecule has 3 rings (SSSR count). The minimum atomic E-state index is -1.08. The molecule has 0 saturated carbocycles. The van der Waals surface area contributed by atoms with E-state index in [1.54, 1.807) is 0 Å². The summed E-state index contributed by atoms with van der Waals surface area (Å²) >= 11 is 0. The lowest BCUT2D eigenvalue weighted by Crippen LogP contribution is -2.50. The van der Waals surface area contributed by atoms with Gasteiger partial charge in [-0.05, 0) is 35.1 Å². The molecule has 170 valence electrons. The fourth-order valence-electron chi connectivity index (χ4n) is 4.25. The molecule has 1 atom stereocenters. The summed E-state index contributed by atoms with van der Waals surface area (Å²) in [5.41, 5.74) is 4.50. The summed E-state index contributed by atoms with van der Waals surface area (Å²) in [7, 11) is 0. The smallest absolute Gasteiger partial charge is 0.407 e. The van der Waals surface area contributed by atoms with Gasteiger partial charge in [-0.3, -0.25) is 9.59 Å². The number of amides is 2. The number of hydrogen-bond acceptors (Lipinski definition) is 4. The lowest BCUT2D eigenvalue weighted by atomic mass is 9.98. The van der Waals surface area contributed by atoms with Crippen molar-refractivity contribution in [3.8, 4) is 11.1 Å². The van der Waals surface area contributed by atoms with E-state index in [0.717, 1.165) is 22.3 Å². The maximum atomic E-state index is 12.9. The van der Waals surface area contributed by atoms with Crippen LogP contribution in [0.1, 0.15) is 50.2 Å². The van der Waals surface area contributed by atoms with E-state index in [4.69, 9.17) is 9.84 Å². The quantitative estimate of drug-likeness (QED) is 0.584. The second kappa shape index (κ2) is 10.8. The standard InChI is InChI=1S/C25H30N2O5/c1-3-9-22(24(30)27(14-4-2)15-23(28)29)26-25(31)32-16-21-19-12-7-5-10-17(19)18-11-6-8-13-20(18)21/h5-8,10-13,21-22H,3-4,9,14-16H2,1-2H3,(H,26,31)(H,28,29). The van der Waals surface area contributed by atoms with Crippen LogP contribution in [0.25, 0.3) is 11.1 Å². The number of carboxylic acid groups (broad SMARTS) is 1. The van der Waals surface area contributed by atoms with E-state index < -0.39 is 24.0 Å². The molecule has 0 heterocycles. The molecule has 0 bridgehead atoms. The van der Waals surface area contributed by atoms with Crippen LogP contribution in [0, 0.1) is 0 Å². The Morgan fingerprint density at radius 1 is 1.00 bits per heavy atom. The number of nitrogens with one attached hydrogen (secondary N) is 1. The summed E-state index contributed by atoms with van der Waals surface area (Å²) in [6, 6.07) is 15.3. The van der Waals surface area contributed by atoms with Gasteiger partial charge in [-0.25, -0.2) is 4.79 Å². The van der Waals surface area contributed by atoms with Crippen LogP contribution in [-0.2, 0) is 14.3 Å². The molecular weight excluding hydrogens is 408 g/mol. The first-order valence-corrected chi connectivity index (χ1v) is 11.1. The molecule has 0 spiro atoms. The number of ether oxygens (including phenoxy) is 1. The van der Waals surface area contributed by atoms with Crippen molar-refractivity contribution in [3.63, 3.8) is 0 Å². The maximum absolute atomic E-state index is 12.9. The predicted molar refractivity (Wildman–Crippen MR) is 121 cm³/mol. The number of carbonyl (C=O) groups excluding carboxylic acids is 2. The molecule has 2 amide bonds. The molecule has 1 unspecified atom stereocenters. The Morgan fingerprint density at radius 3 is 2.12 bits per heavy atom. The molecule has 1 aliphatic rings. The van der Waals surface area contributed by atoms with Crippen LogP contribution in [0.4, 0.5) is 4.79 Å². The molecule has 0 aliphatic heterocycles. The van der Waals surface area contributed by atoms with Gasteiger partial charge < -0.3 is 20.1 Å². The van der Waals surface area contributed by atoms with Gasteiger partial charge >= 0.3 is 12.1 Å². The molecule has 2 N–H and O–H groups in total. The van der Waals surface area contributed by atoms with Gasteiger partial charge in [-0.1, -0.05) is 68.8 Å². The third-order valence-electron chi connectivity index (χ3n) is 5.64. The highest BCUT2D eigenvalue weighted by atomic mass is 16.5. The zero-order valence-corrected chi connectivity index (χ0v) is 18.5. The van der Waals surface area contributed by atoms with Crippen molar-refractivity contribution in [1.29, 1.82) is 0 Å². The van der Waals surface area contributed by atoms with E-state index in [-0.39, 0.29) is 19.1 Å². The van der Waals surface area contributed by atoms with E-state index in [1.165, 1.54) is 4.90 Å². The van der Waals surface area contributed by atoms with E-state index in [2.05, 4.69) is 17.4 Å². The van der Waals surface area contributed by atoms with Crippen molar-refractivity contribution < 1.29 is 24.2 Å². The minimum Gasteiger partial charge on any atom is -0.480 e. The topological polar surface area (TPSA) is 95.9 Å². The fraction of sp³-hybridized carbons (Fsp3) is 0.400. The normalized spacial score (nSPS) is 13.1. The van der Waals surface area contributed by atoms with Gasteiger partial charge in [0.1, 0.15) is 19.2 Å². The SMILES string of the molecule is CCCC(NC(=O)OCC1c2ccccc2-c2ccccc21)C(=O)N(CCC)CC(=O)O. The average Bonchev–Trinajstić information content (AvgIpc) is 3.10. The van der Waals surface area contributed by atoms with Crippen LogP contribution in [-0.4, -0.2) is 53.7 Å². The molecule has 7 heteroatoms. The molecule has 7 nitrogen and oxygen atoms in total. The van der Waals surface area contributed by atoms with Crippen molar-refractivity contribution in [1.82, 2.24) is 10.2 Å². The van der Waals surface area contributed by atoms with E-state index in [9.17, 15) is 14.4 Å². The number of carbonyl (C=O) groups is 3. The van der Waals surface area contributed by atoms with E-state index in [0.29, 0.717) is 25.8 Å². The largest absolute Gasteiger partial charge is 0.480 e. The number of nitrogens with zero attached hydrogens (tertiary/aromatic N) is 1. The molecular formula is C25H30N2O5. The number of fused-ring (bicyclic) bond motifs is 3. The summed E-state index contributed by atoms with van der Waals surface area (Å²) in [6.45, 7) is 3.86. The fourth-order valence-corrected chi connectivity index (χ4v) is 4.25. The van der Waals surface area contributed by atoms with Crippen LogP contribution in [0.2, 0.25) is 0 Å². The molecule has 0 saturated heterocycles. The molecule has 2 aromatic carbocycles. The van der Waals surface area contributed by atoms with Gasteiger partial charge in [0.25, 0.3) is 0 Å². The molecule has 0 fully saturated rings. The Morgan fingerprint density at radius 2 is 1.59 bits per heavy atom. The van der Waals surface area contributed by atoms with Crippen molar-refractivity contribution in [2.45, 2.75) is 45.1 Å². The Kier molecular flexibility index (Phi) is 7.87.